The molecule has 0 saturated heterocycles. The van der Waals surface area contributed by atoms with Gasteiger partial charge in [-0.2, -0.15) is 35.1 Å². The molecule has 0 atom stereocenters. The second kappa shape index (κ2) is 39.9. The summed E-state index contributed by atoms with van der Waals surface area (Å²) in [5, 5.41) is 0. The van der Waals surface area contributed by atoms with Gasteiger partial charge in [0, 0.05) is 24.3 Å². The van der Waals surface area contributed by atoms with Crippen molar-refractivity contribution in [1.29, 1.82) is 0 Å². The molecule has 0 aromatic heterocycles. The van der Waals surface area contributed by atoms with E-state index in [9.17, 15) is 105 Å². The summed E-state index contributed by atoms with van der Waals surface area (Å²) < 4.78 is 350. The SMILES string of the molecule is CC1CCC(C2CCC(C(F)(F)Oc3ccc(OC(F)(F)F)c(F)c3)CC2)CC1.CC1CCC(C2CCC(C(F)(F)Oc3ccc(OC(F)(F)F)c(F)c3)CC2)CC1.CC1CCC(C2CCC(C(F)(F)Oc3ccc(OC(F)(F)F)c(F)c3)CC2)CC1.CC1CCC(C2CCC(C(F)(F)Oc3ccc(OC(F)(F)F)c(F)c3)CC2)CC1. The number of rotatable bonds is 20. The summed E-state index contributed by atoms with van der Waals surface area (Å²) in [5.74, 6) is -8.78. The highest BCUT2D eigenvalue weighted by Gasteiger charge is 2.50. The van der Waals surface area contributed by atoms with Gasteiger partial charge in [0.1, 0.15) is 23.0 Å². The molecule has 0 heterocycles. The lowest BCUT2D eigenvalue weighted by molar-refractivity contribution is -0.276. The van der Waals surface area contributed by atoms with Gasteiger partial charge >= 0.3 is 49.9 Å². The number of halogens is 24. The summed E-state index contributed by atoms with van der Waals surface area (Å²) in [6.07, 6.45) is -7.12. The fourth-order valence-electron chi connectivity index (χ4n) is 18.7. The highest BCUT2D eigenvalue weighted by molar-refractivity contribution is 5.36. The molecule has 8 saturated carbocycles. The maximum Gasteiger partial charge on any atom is 0.573 e. The van der Waals surface area contributed by atoms with Gasteiger partial charge in [-0.05, 0) is 274 Å². The van der Waals surface area contributed by atoms with Gasteiger partial charge < -0.3 is 37.9 Å². The lowest BCUT2D eigenvalue weighted by Gasteiger charge is -2.38. The van der Waals surface area contributed by atoms with Crippen LogP contribution in [0.2, 0.25) is 0 Å². The van der Waals surface area contributed by atoms with E-state index in [0.29, 0.717) is 147 Å². The van der Waals surface area contributed by atoms with Gasteiger partial charge in [-0.3, -0.25) is 0 Å². The number of benzene rings is 4. The van der Waals surface area contributed by atoms with Crippen LogP contribution in [0.1, 0.15) is 233 Å². The van der Waals surface area contributed by atoms with Gasteiger partial charge in [0.05, 0.1) is 23.7 Å². The normalized spacial score (nSPS) is 28.8. The molecule has 0 unspecified atom stereocenters. The van der Waals surface area contributed by atoms with Crippen LogP contribution < -0.4 is 37.9 Å². The zero-order chi connectivity index (χ0) is 84.9. The van der Waals surface area contributed by atoms with Crippen molar-refractivity contribution in [3.63, 3.8) is 0 Å². The van der Waals surface area contributed by atoms with E-state index in [4.69, 9.17) is 18.9 Å². The predicted octanol–water partition coefficient (Wildman–Crippen LogP) is 29.3. The van der Waals surface area contributed by atoms with Crippen LogP contribution in [0.4, 0.5) is 105 Å². The summed E-state index contributed by atoms with van der Waals surface area (Å²) in [4.78, 5) is 0. The predicted molar refractivity (Wildman–Crippen MR) is 381 cm³/mol. The lowest BCUT2D eigenvalue weighted by Crippen LogP contribution is -2.38. The average molecular weight is 1700 g/mol. The molecule has 656 valence electrons. The molecule has 8 nitrogen and oxygen atoms in total. The number of alkyl halides is 20. The molecule has 0 bridgehead atoms. The highest BCUT2D eigenvalue weighted by atomic mass is 19.4. The molecular weight excluding hydrogens is 1590 g/mol. The Morgan fingerprint density at radius 1 is 0.198 bits per heavy atom. The maximum absolute atomic E-state index is 14.6. The van der Waals surface area contributed by atoms with Crippen molar-refractivity contribution < 1.29 is 143 Å². The molecule has 8 aliphatic rings. The van der Waals surface area contributed by atoms with Crippen molar-refractivity contribution in [3.8, 4) is 46.0 Å². The summed E-state index contributed by atoms with van der Waals surface area (Å²) in [5.41, 5.74) is 0. The first-order valence-electron chi connectivity index (χ1n) is 40.6. The van der Waals surface area contributed by atoms with Crippen LogP contribution in [0.25, 0.3) is 0 Å². The van der Waals surface area contributed by atoms with Gasteiger partial charge in [-0.25, -0.2) is 17.6 Å². The Balaban J connectivity index is 0.000000177. The van der Waals surface area contributed by atoms with Crippen LogP contribution in [0.3, 0.4) is 0 Å². The van der Waals surface area contributed by atoms with Crippen molar-refractivity contribution in [2.24, 2.45) is 94.7 Å². The van der Waals surface area contributed by atoms with E-state index >= 15 is 0 Å². The van der Waals surface area contributed by atoms with Gasteiger partial charge in [-0.1, -0.05) is 79.1 Å². The minimum atomic E-state index is -5.07. The molecule has 116 heavy (non-hydrogen) atoms. The zero-order valence-corrected chi connectivity index (χ0v) is 65.1. The van der Waals surface area contributed by atoms with Crippen molar-refractivity contribution in [1.82, 2.24) is 0 Å². The van der Waals surface area contributed by atoms with Crippen LogP contribution >= 0.6 is 0 Å². The third kappa shape index (κ3) is 28.9. The number of hydrogen-bond donors (Lipinski definition) is 0. The quantitative estimate of drug-likeness (QED) is 0.0811. The number of hydrogen-bond acceptors (Lipinski definition) is 8. The van der Waals surface area contributed by atoms with Gasteiger partial charge in [0.25, 0.3) is 0 Å². The topological polar surface area (TPSA) is 73.8 Å². The Bertz CT molecular complexity index is 3170. The highest BCUT2D eigenvalue weighted by Crippen LogP contribution is 2.52. The third-order valence-corrected chi connectivity index (χ3v) is 25.4. The Labute approximate surface area is 660 Å². The maximum atomic E-state index is 14.6. The van der Waals surface area contributed by atoms with Gasteiger partial charge in [0.15, 0.2) is 46.3 Å². The molecule has 0 N–H and O–H groups in total. The first kappa shape index (κ1) is 93.5. The van der Waals surface area contributed by atoms with Gasteiger partial charge in [-0.15, -0.1) is 52.7 Å². The fraction of sp³-hybridized carbons (Fsp3) is 0.714. The molecule has 8 aliphatic carbocycles. The van der Waals surface area contributed by atoms with Crippen LogP contribution in [0, 0.1) is 118 Å². The van der Waals surface area contributed by atoms with Crippen molar-refractivity contribution in [3.05, 3.63) is 96.1 Å². The van der Waals surface area contributed by atoms with E-state index in [1.807, 2.05) is 0 Å². The molecule has 8 fully saturated rings. The molecular formula is C84H104F24O8. The first-order chi connectivity index (χ1) is 54.1. The molecule has 0 radical (unpaired) electrons. The largest absolute Gasteiger partial charge is 0.573 e. The Morgan fingerprint density at radius 3 is 0.466 bits per heavy atom. The lowest BCUT2D eigenvalue weighted by atomic mass is 9.69. The first-order valence-corrected chi connectivity index (χ1v) is 40.6. The smallest absolute Gasteiger partial charge is 0.432 e. The van der Waals surface area contributed by atoms with Crippen LogP contribution in [0.5, 0.6) is 46.0 Å². The summed E-state index contributed by atoms with van der Waals surface area (Å²) in [7, 11) is 0. The van der Waals surface area contributed by atoms with Crippen molar-refractivity contribution in [2.75, 3.05) is 0 Å². The summed E-state index contributed by atoms with van der Waals surface area (Å²) in [6, 6.07) is 7.91. The second-order valence-corrected chi connectivity index (χ2v) is 33.7. The van der Waals surface area contributed by atoms with E-state index < -0.39 is 143 Å². The van der Waals surface area contributed by atoms with Crippen LogP contribution in [-0.2, 0) is 0 Å². The molecule has 0 spiro atoms. The summed E-state index contributed by atoms with van der Waals surface area (Å²) in [6.45, 7) is 8.98. The monoisotopic (exact) mass is 1700 g/mol. The van der Waals surface area contributed by atoms with Crippen molar-refractivity contribution in [2.45, 2.75) is 283 Å². The minimum absolute atomic E-state index is 0.321. The fourth-order valence-corrected chi connectivity index (χ4v) is 18.7. The second-order valence-electron chi connectivity index (χ2n) is 33.7. The van der Waals surface area contributed by atoms with Crippen LogP contribution in [0.15, 0.2) is 72.8 Å². The zero-order valence-electron chi connectivity index (χ0n) is 65.1. The Hall–Kier alpha value is -6.40. The molecule has 32 heteroatoms. The van der Waals surface area contributed by atoms with E-state index in [0.717, 1.165) is 151 Å². The molecule has 0 aliphatic heterocycles. The molecule has 12 rings (SSSR count). The Morgan fingerprint density at radius 2 is 0.336 bits per heavy atom. The number of ether oxygens (including phenoxy) is 8. The average Bonchev–Trinajstić information content (AvgIpc) is 0.820. The minimum Gasteiger partial charge on any atom is -0.432 e. The van der Waals surface area contributed by atoms with E-state index in [-0.39, 0.29) is 0 Å². The molecule has 4 aromatic carbocycles. The van der Waals surface area contributed by atoms with E-state index in [1.54, 1.807) is 0 Å². The van der Waals surface area contributed by atoms with Crippen molar-refractivity contribution >= 4 is 0 Å². The van der Waals surface area contributed by atoms with E-state index in [2.05, 4.69) is 46.6 Å². The van der Waals surface area contributed by atoms with E-state index in [1.165, 1.54) is 51.4 Å². The third-order valence-electron chi connectivity index (χ3n) is 25.4. The standard InChI is InChI=1S/4C21H26F6O2/c4*1-13-2-4-14(5-3-13)15-6-8-16(9-7-15)20(23,24)28-17-10-11-19(18(22)12-17)29-21(25,26)27/h4*10-16H,2-9H2,1H3. The summed E-state index contributed by atoms with van der Waals surface area (Å²) >= 11 is 0. The molecule has 4 aromatic rings. The Kier molecular flexibility index (Phi) is 32.1. The van der Waals surface area contributed by atoms with Gasteiger partial charge in [0.2, 0.25) is 0 Å². The molecule has 0 amide bonds. The van der Waals surface area contributed by atoms with Crippen LogP contribution in [-0.4, -0.2) is 49.9 Å².